The van der Waals surface area contributed by atoms with Crippen molar-refractivity contribution in [1.82, 2.24) is 4.72 Å². The third-order valence-electron chi connectivity index (χ3n) is 3.38. The Labute approximate surface area is 134 Å². The Balaban J connectivity index is 2.10. The van der Waals surface area contributed by atoms with Gasteiger partial charge in [0.1, 0.15) is 11.6 Å². The third-order valence-corrected chi connectivity index (χ3v) is 4.81. The van der Waals surface area contributed by atoms with Crippen molar-refractivity contribution in [1.29, 1.82) is 0 Å². The molecule has 2 N–H and O–H groups in total. The number of aliphatic hydroxyl groups is 1. The highest BCUT2D eigenvalue weighted by Crippen LogP contribution is 2.19. The van der Waals surface area contributed by atoms with Gasteiger partial charge in [0, 0.05) is 6.54 Å². The summed E-state index contributed by atoms with van der Waals surface area (Å²) in [5.41, 5.74) is 0.767. The van der Waals surface area contributed by atoms with Crippen LogP contribution in [0, 0.1) is 12.7 Å². The second kappa shape index (κ2) is 7.08. The number of benzene rings is 2. The number of hydrogen-bond acceptors (Lipinski definition) is 4. The summed E-state index contributed by atoms with van der Waals surface area (Å²) in [6.45, 7) is 1.28. The molecule has 0 aromatic heterocycles. The Hall–Kier alpha value is -1.96. The third kappa shape index (κ3) is 4.28. The van der Waals surface area contributed by atoms with Crippen LogP contribution in [0.25, 0.3) is 0 Å². The molecule has 0 radical (unpaired) electrons. The van der Waals surface area contributed by atoms with Gasteiger partial charge in [-0.15, -0.1) is 0 Å². The van der Waals surface area contributed by atoms with Crippen molar-refractivity contribution >= 4 is 10.0 Å². The van der Waals surface area contributed by atoms with Crippen molar-refractivity contribution in [2.45, 2.75) is 17.9 Å². The van der Waals surface area contributed by atoms with Gasteiger partial charge in [-0.3, -0.25) is 0 Å². The second-order valence-electron chi connectivity index (χ2n) is 5.06. The van der Waals surface area contributed by atoms with Gasteiger partial charge in [0.05, 0.1) is 18.1 Å². The van der Waals surface area contributed by atoms with Gasteiger partial charge in [-0.05, 0) is 48.4 Å². The topological polar surface area (TPSA) is 75.6 Å². The van der Waals surface area contributed by atoms with Gasteiger partial charge in [0.2, 0.25) is 10.0 Å². The number of rotatable bonds is 6. The summed E-state index contributed by atoms with van der Waals surface area (Å²) in [5.74, 6) is 0.0962. The lowest BCUT2D eigenvalue weighted by Gasteiger charge is -2.14. The quantitative estimate of drug-likeness (QED) is 0.846. The predicted molar refractivity (Wildman–Crippen MR) is 84.3 cm³/mol. The molecule has 5 nitrogen and oxygen atoms in total. The lowest BCUT2D eigenvalue weighted by atomic mass is 10.1. The smallest absolute Gasteiger partial charge is 0.240 e. The van der Waals surface area contributed by atoms with Crippen molar-refractivity contribution in [3.63, 3.8) is 0 Å². The number of ether oxygens (including phenoxy) is 1. The summed E-state index contributed by atoms with van der Waals surface area (Å²) in [4.78, 5) is -0.0470. The Morgan fingerprint density at radius 3 is 2.65 bits per heavy atom. The minimum absolute atomic E-state index is 0.0470. The van der Waals surface area contributed by atoms with Gasteiger partial charge >= 0.3 is 0 Å². The van der Waals surface area contributed by atoms with Gasteiger partial charge in [-0.25, -0.2) is 17.5 Å². The van der Waals surface area contributed by atoms with Crippen molar-refractivity contribution in [2.75, 3.05) is 13.7 Å². The molecule has 0 aliphatic carbocycles. The van der Waals surface area contributed by atoms with E-state index in [0.29, 0.717) is 11.3 Å². The number of aliphatic hydroxyl groups excluding tert-OH is 1. The summed E-state index contributed by atoms with van der Waals surface area (Å²) in [6.07, 6.45) is -1.03. The standard InChI is InChI=1S/C16H18FNO4S/c1-11-8-14(6-7-15(11)17)23(20,21)18-10-16(19)12-4-3-5-13(9-12)22-2/h3-9,16,18-19H,10H2,1-2H3. The van der Waals surface area contributed by atoms with E-state index in [0.717, 1.165) is 6.07 Å². The van der Waals surface area contributed by atoms with Crippen LogP contribution in [0.15, 0.2) is 47.4 Å². The van der Waals surface area contributed by atoms with Crippen molar-refractivity contribution in [2.24, 2.45) is 0 Å². The van der Waals surface area contributed by atoms with Crippen LogP contribution in [0.5, 0.6) is 5.75 Å². The van der Waals surface area contributed by atoms with E-state index < -0.39 is 21.9 Å². The van der Waals surface area contributed by atoms with Gasteiger partial charge < -0.3 is 9.84 Å². The first-order chi connectivity index (χ1) is 10.8. The maximum absolute atomic E-state index is 13.2. The highest BCUT2D eigenvalue weighted by molar-refractivity contribution is 7.89. The maximum Gasteiger partial charge on any atom is 0.240 e. The van der Waals surface area contributed by atoms with Crippen LogP contribution in [0.3, 0.4) is 0 Å². The molecule has 23 heavy (non-hydrogen) atoms. The van der Waals surface area contributed by atoms with Gasteiger partial charge in [0.15, 0.2) is 0 Å². The van der Waals surface area contributed by atoms with Gasteiger partial charge in [-0.1, -0.05) is 12.1 Å². The number of sulfonamides is 1. The van der Waals surface area contributed by atoms with Crippen molar-refractivity contribution in [3.05, 3.63) is 59.4 Å². The average Bonchev–Trinajstić information content (AvgIpc) is 2.55. The van der Waals surface area contributed by atoms with Crippen LogP contribution in [0.1, 0.15) is 17.2 Å². The molecular formula is C16H18FNO4S. The van der Waals surface area contributed by atoms with Crippen LogP contribution >= 0.6 is 0 Å². The molecule has 2 rings (SSSR count). The summed E-state index contributed by atoms with van der Waals surface area (Å²) in [7, 11) is -2.32. The predicted octanol–water partition coefficient (Wildman–Crippen LogP) is 2.15. The summed E-state index contributed by atoms with van der Waals surface area (Å²) in [5, 5.41) is 10.1. The molecule has 0 saturated heterocycles. The molecule has 7 heteroatoms. The molecule has 0 heterocycles. The largest absolute Gasteiger partial charge is 0.497 e. The Bertz CT molecular complexity index is 792. The van der Waals surface area contributed by atoms with Crippen molar-refractivity contribution < 1.29 is 22.7 Å². The lowest BCUT2D eigenvalue weighted by molar-refractivity contribution is 0.181. The second-order valence-corrected chi connectivity index (χ2v) is 6.82. The maximum atomic E-state index is 13.2. The Morgan fingerprint density at radius 1 is 1.26 bits per heavy atom. The van der Waals surface area contributed by atoms with E-state index in [2.05, 4.69) is 4.72 Å². The fourth-order valence-electron chi connectivity index (χ4n) is 2.02. The average molecular weight is 339 g/mol. The van der Waals surface area contributed by atoms with Gasteiger partial charge in [0.25, 0.3) is 0 Å². The molecule has 0 aliphatic heterocycles. The molecule has 1 unspecified atom stereocenters. The van der Waals surface area contributed by atoms with E-state index in [-0.39, 0.29) is 17.0 Å². The molecule has 0 aliphatic rings. The van der Waals surface area contributed by atoms with Crippen LogP contribution in [0.4, 0.5) is 4.39 Å². The van der Waals surface area contributed by atoms with Crippen molar-refractivity contribution in [3.8, 4) is 5.75 Å². The zero-order valence-electron chi connectivity index (χ0n) is 12.8. The number of nitrogens with one attached hydrogen (secondary N) is 1. The van der Waals surface area contributed by atoms with E-state index in [4.69, 9.17) is 4.74 Å². The number of hydrogen-bond donors (Lipinski definition) is 2. The van der Waals surface area contributed by atoms with Gasteiger partial charge in [-0.2, -0.15) is 0 Å². The zero-order chi connectivity index (χ0) is 17.0. The van der Waals surface area contributed by atoms with E-state index in [1.54, 1.807) is 24.3 Å². The Morgan fingerprint density at radius 2 is 2.00 bits per heavy atom. The van der Waals surface area contributed by atoms with E-state index >= 15 is 0 Å². The highest BCUT2D eigenvalue weighted by atomic mass is 32.2. The van der Waals surface area contributed by atoms with Crippen LogP contribution in [-0.4, -0.2) is 27.2 Å². The Kier molecular flexibility index (Phi) is 5.35. The lowest BCUT2D eigenvalue weighted by Crippen LogP contribution is -2.28. The molecule has 1 atom stereocenters. The number of aryl methyl sites for hydroxylation is 1. The van der Waals surface area contributed by atoms with E-state index in [1.165, 1.54) is 26.2 Å². The molecule has 0 saturated carbocycles. The summed E-state index contributed by atoms with van der Waals surface area (Å²) in [6, 6.07) is 10.3. The highest BCUT2D eigenvalue weighted by Gasteiger charge is 2.18. The monoisotopic (exact) mass is 339 g/mol. The summed E-state index contributed by atoms with van der Waals surface area (Å²) >= 11 is 0. The normalized spacial score (nSPS) is 12.9. The minimum atomic E-state index is -3.83. The first-order valence-electron chi connectivity index (χ1n) is 6.91. The van der Waals surface area contributed by atoms with Crippen LogP contribution < -0.4 is 9.46 Å². The first-order valence-corrected chi connectivity index (χ1v) is 8.39. The molecule has 0 bridgehead atoms. The molecular weight excluding hydrogens is 321 g/mol. The van der Waals surface area contributed by atoms with Crippen LogP contribution in [0.2, 0.25) is 0 Å². The molecule has 0 amide bonds. The number of methoxy groups -OCH3 is 1. The number of halogens is 1. The fraction of sp³-hybridized carbons (Fsp3) is 0.250. The zero-order valence-corrected chi connectivity index (χ0v) is 13.6. The minimum Gasteiger partial charge on any atom is -0.497 e. The molecule has 124 valence electrons. The van der Waals surface area contributed by atoms with E-state index in [1.807, 2.05) is 0 Å². The van der Waals surface area contributed by atoms with E-state index in [9.17, 15) is 17.9 Å². The SMILES string of the molecule is COc1cccc(C(O)CNS(=O)(=O)c2ccc(F)c(C)c2)c1. The first kappa shape index (κ1) is 17.4. The molecule has 2 aromatic carbocycles. The molecule has 0 fully saturated rings. The summed E-state index contributed by atoms with van der Waals surface area (Å²) < 4.78 is 45.0. The molecule has 2 aromatic rings. The van der Waals surface area contributed by atoms with Crippen LogP contribution in [-0.2, 0) is 10.0 Å². The molecule has 0 spiro atoms. The fourth-order valence-corrected chi connectivity index (χ4v) is 3.15.